The maximum absolute atomic E-state index is 12.8. The number of carbonyl (C=O) groups excluding carboxylic acids is 1. The predicted molar refractivity (Wildman–Crippen MR) is 126 cm³/mol. The lowest BCUT2D eigenvalue weighted by molar-refractivity contribution is 0.208. The molecule has 0 unspecified atom stereocenters. The molecule has 2 aromatic rings. The van der Waals surface area contributed by atoms with E-state index in [1.165, 1.54) is 11.3 Å². The lowest BCUT2D eigenvalue weighted by atomic mass is 10.1. The number of rotatable bonds is 4. The van der Waals surface area contributed by atoms with Gasteiger partial charge in [0.2, 0.25) is 0 Å². The molecule has 2 amide bonds. The number of phenolic OH excluding ortho intramolecular Hbond substituents is 1. The molecule has 0 saturated carbocycles. The second-order valence-electron chi connectivity index (χ2n) is 8.32. The van der Waals surface area contributed by atoms with E-state index in [1.807, 2.05) is 29.2 Å². The Morgan fingerprint density at radius 3 is 2.19 bits per heavy atom. The van der Waals surface area contributed by atoms with Gasteiger partial charge in [-0.05, 0) is 49.4 Å². The van der Waals surface area contributed by atoms with Crippen LogP contribution in [0.2, 0.25) is 0 Å². The van der Waals surface area contributed by atoms with Crippen LogP contribution in [0.1, 0.15) is 12.5 Å². The smallest absolute Gasteiger partial charge is 0.321 e. The number of benzene rings is 2. The quantitative estimate of drug-likeness (QED) is 0.791. The van der Waals surface area contributed by atoms with Crippen molar-refractivity contribution in [2.24, 2.45) is 0 Å². The zero-order valence-electron chi connectivity index (χ0n) is 18.5. The Kier molecular flexibility index (Phi) is 6.51. The molecule has 0 aromatic heterocycles. The van der Waals surface area contributed by atoms with Crippen molar-refractivity contribution >= 4 is 23.1 Å². The summed E-state index contributed by atoms with van der Waals surface area (Å²) in [4.78, 5) is 21.6. The van der Waals surface area contributed by atoms with Crippen molar-refractivity contribution < 1.29 is 9.90 Å². The first-order chi connectivity index (χ1) is 15.0. The minimum absolute atomic E-state index is 0.0688. The first-order valence-electron chi connectivity index (χ1n) is 11.2. The van der Waals surface area contributed by atoms with Crippen LogP contribution in [0.3, 0.4) is 0 Å². The van der Waals surface area contributed by atoms with Crippen LogP contribution < -0.4 is 15.1 Å². The van der Waals surface area contributed by atoms with Crippen molar-refractivity contribution in [2.45, 2.75) is 13.8 Å². The summed E-state index contributed by atoms with van der Waals surface area (Å²) >= 11 is 0. The molecule has 0 spiro atoms. The molecule has 2 aromatic carbocycles. The number of piperazine rings is 2. The number of hydrogen-bond acceptors (Lipinski definition) is 5. The van der Waals surface area contributed by atoms with Crippen LogP contribution in [-0.4, -0.2) is 79.8 Å². The SMILES string of the molecule is CCN1CCN(c2ccc(NC(=O)N3CCN(c4ccccc4O)CC3)cc2C)CC1. The highest BCUT2D eigenvalue weighted by atomic mass is 16.3. The standard InChI is InChI=1S/C24H33N5O2/c1-3-26-10-12-27(13-11-26)21-9-8-20(18-19(21)2)25-24(31)29-16-14-28(15-17-29)22-6-4-5-7-23(22)30/h4-9,18,30H,3,10-17H2,1-2H3,(H,25,31). The van der Waals surface area contributed by atoms with Gasteiger partial charge in [-0.1, -0.05) is 19.1 Å². The molecule has 0 aliphatic carbocycles. The molecule has 166 valence electrons. The number of phenols is 1. The van der Waals surface area contributed by atoms with Gasteiger partial charge in [-0.15, -0.1) is 0 Å². The summed E-state index contributed by atoms with van der Waals surface area (Å²) in [7, 11) is 0. The molecule has 7 nitrogen and oxygen atoms in total. The molecule has 0 atom stereocenters. The highest BCUT2D eigenvalue weighted by Gasteiger charge is 2.23. The van der Waals surface area contributed by atoms with Crippen LogP contribution in [0.15, 0.2) is 42.5 Å². The third-order valence-electron chi connectivity index (χ3n) is 6.40. The van der Waals surface area contributed by atoms with E-state index in [2.05, 4.69) is 46.0 Å². The van der Waals surface area contributed by atoms with Crippen LogP contribution in [-0.2, 0) is 0 Å². The Morgan fingerprint density at radius 2 is 1.55 bits per heavy atom. The number of para-hydroxylation sites is 2. The lowest BCUT2D eigenvalue weighted by Gasteiger charge is -2.37. The maximum atomic E-state index is 12.8. The lowest BCUT2D eigenvalue weighted by Crippen LogP contribution is -2.50. The van der Waals surface area contributed by atoms with E-state index < -0.39 is 0 Å². The summed E-state index contributed by atoms with van der Waals surface area (Å²) in [5, 5.41) is 13.1. The topological polar surface area (TPSA) is 62.3 Å². The van der Waals surface area contributed by atoms with Crippen molar-refractivity contribution in [1.82, 2.24) is 9.80 Å². The summed E-state index contributed by atoms with van der Waals surface area (Å²) in [5.74, 6) is 0.284. The van der Waals surface area contributed by atoms with E-state index in [0.29, 0.717) is 26.2 Å². The number of likely N-dealkylation sites (N-methyl/N-ethyl adjacent to an activating group) is 1. The molecule has 0 bridgehead atoms. The molecular formula is C24H33N5O2. The fraction of sp³-hybridized carbons (Fsp3) is 0.458. The Labute approximate surface area is 184 Å². The highest BCUT2D eigenvalue weighted by Crippen LogP contribution is 2.28. The van der Waals surface area contributed by atoms with Gasteiger partial charge in [0.15, 0.2) is 0 Å². The molecular weight excluding hydrogens is 390 g/mol. The molecule has 31 heavy (non-hydrogen) atoms. The average molecular weight is 424 g/mol. The van der Waals surface area contributed by atoms with Crippen molar-refractivity contribution in [1.29, 1.82) is 0 Å². The van der Waals surface area contributed by atoms with E-state index in [9.17, 15) is 9.90 Å². The number of anilines is 3. The average Bonchev–Trinajstić information content (AvgIpc) is 2.80. The zero-order chi connectivity index (χ0) is 21.8. The summed E-state index contributed by atoms with van der Waals surface area (Å²) in [6.07, 6.45) is 0. The Bertz CT molecular complexity index is 903. The van der Waals surface area contributed by atoms with Gasteiger partial charge >= 0.3 is 6.03 Å². The summed E-state index contributed by atoms with van der Waals surface area (Å²) in [6, 6.07) is 13.5. The van der Waals surface area contributed by atoms with Gasteiger partial charge < -0.3 is 30.0 Å². The molecule has 7 heteroatoms. The molecule has 2 aliphatic rings. The molecule has 2 heterocycles. The maximum Gasteiger partial charge on any atom is 0.321 e. The molecule has 2 saturated heterocycles. The first-order valence-corrected chi connectivity index (χ1v) is 11.2. The van der Waals surface area contributed by atoms with Gasteiger partial charge in [0.05, 0.1) is 5.69 Å². The highest BCUT2D eigenvalue weighted by molar-refractivity contribution is 5.90. The van der Waals surface area contributed by atoms with E-state index in [4.69, 9.17) is 0 Å². The van der Waals surface area contributed by atoms with Gasteiger partial charge in [0.25, 0.3) is 0 Å². The second-order valence-corrected chi connectivity index (χ2v) is 8.32. The van der Waals surface area contributed by atoms with E-state index in [-0.39, 0.29) is 11.8 Å². The van der Waals surface area contributed by atoms with Gasteiger partial charge in [-0.3, -0.25) is 0 Å². The number of hydrogen-bond donors (Lipinski definition) is 2. The van der Waals surface area contributed by atoms with Crippen LogP contribution in [0.5, 0.6) is 5.75 Å². The van der Waals surface area contributed by atoms with Crippen LogP contribution in [0.25, 0.3) is 0 Å². The fourth-order valence-corrected chi connectivity index (χ4v) is 4.48. The number of nitrogens with zero attached hydrogens (tertiary/aromatic N) is 4. The summed E-state index contributed by atoms with van der Waals surface area (Å²) in [5.41, 5.74) is 4.10. The molecule has 2 fully saturated rings. The van der Waals surface area contributed by atoms with E-state index >= 15 is 0 Å². The Hall–Kier alpha value is -2.93. The summed E-state index contributed by atoms with van der Waals surface area (Å²) < 4.78 is 0. The van der Waals surface area contributed by atoms with Crippen LogP contribution >= 0.6 is 0 Å². The zero-order valence-corrected chi connectivity index (χ0v) is 18.5. The number of carbonyl (C=O) groups is 1. The molecule has 2 aliphatic heterocycles. The van der Waals surface area contributed by atoms with Crippen molar-refractivity contribution in [2.75, 3.05) is 74.0 Å². The van der Waals surface area contributed by atoms with E-state index in [1.54, 1.807) is 6.07 Å². The van der Waals surface area contributed by atoms with Gasteiger partial charge in [0.1, 0.15) is 5.75 Å². The minimum Gasteiger partial charge on any atom is -0.506 e. The van der Waals surface area contributed by atoms with Crippen molar-refractivity contribution in [3.8, 4) is 5.75 Å². The third-order valence-corrected chi connectivity index (χ3v) is 6.40. The minimum atomic E-state index is -0.0688. The number of urea groups is 1. The first kappa shape index (κ1) is 21.3. The Morgan fingerprint density at radius 1 is 0.903 bits per heavy atom. The molecule has 4 rings (SSSR count). The number of nitrogens with one attached hydrogen (secondary N) is 1. The third kappa shape index (κ3) is 4.88. The van der Waals surface area contributed by atoms with E-state index in [0.717, 1.165) is 44.1 Å². The van der Waals surface area contributed by atoms with Crippen LogP contribution in [0.4, 0.5) is 21.9 Å². The Balaban J connectivity index is 1.32. The number of aryl methyl sites for hydroxylation is 1. The monoisotopic (exact) mass is 423 g/mol. The number of amides is 2. The molecule has 2 N–H and O–H groups in total. The number of aromatic hydroxyl groups is 1. The van der Waals surface area contributed by atoms with Crippen molar-refractivity contribution in [3.05, 3.63) is 48.0 Å². The van der Waals surface area contributed by atoms with Crippen LogP contribution in [0, 0.1) is 6.92 Å². The van der Waals surface area contributed by atoms with Gasteiger partial charge in [-0.25, -0.2) is 4.79 Å². The molecule has 0 radical (unpaired) electrons. The fourth-order valence-electron chi connectivity index (χ4n) is 4.48. The largest absolute Gasteiger partial charge is 0.506 e. The van der Waals surface area contributed by atoms with Gasteiger partial charge in [-0.2, -0.15) is 0 Å². The normalized spacial score (nSPS) is 17.7. The summed E-state index contributed by atoms with van der Waals surface area (Å²) in [6.45, 7) is 12.4. The predicted octanol–water partition coefficient (Wildman–Crippen LogP) is 3.20. The van der Waals surface area contributed by atoms with Crippen molar-refractivity contribution in [3.63, 3.8) is 0 Å². The van der Waals surface area contributed by atoms with Gasteiger partial charge in [0, 0.05) is 63.7 Å². The second kappa shape index (κ2) is 9.47.